The van der Waals surface area contributed by atoms with Gasteiger partial charge < -0.3 is 15.8 Å². The molecule has 0 aliphatic carbocycles. The van der Waals surface area contributed by atoms with Crippen molar-refractivity contribution in [1.82, 2.24) is 0 Å². The monoisotopic (exact) mass is 254 g/mol. The number of carbonyl (C=O) groups is 1. The molecule has 1 aliphatic rings. The summed E-state index contributed by atoms with van der Waals surface area (Å²) in [6.45, 7) is 0.487. The molecule has 0 radical (unpaired) electrons. The van der Waals surface area contributed by atoms with Gasteiger partial charge in [0.2, 0.25) is 6.10 Å². The fourth-order valence-electron chi connectivity index (χ4n) is 2.10. The number of nitrogens with two attached hydrogens (primary N) is 1. The van der Waals surface area contributed by atoms with Crippen molar-refractivity contribution < 1.29 is 9.53 Å². The molecule has 0 aromatic heterocycles. The molecule has 0 bridgehead atoms. The maximum atomic E-state index is 12.1. The molecule has 1 aliphatic heterocycles. The summed E-state index contributed by atoms with van der Waals surface area (Å²) >= 11 is 0. The summed E-state index contributed by atoms with van der Waals surface area (Å²) in [4.78, 5) is 12.1. The quantitative estimate of drug-likeness (QED) is 0.863. The van der Waals surface area contributed by atoms with Crippen LogP contribution in [0.15, 0.2) is 48.5 Å². The van der Waals surface area contributed by atoms with Crippen LogP contribution in [-0.2, 0) is 11.3 Å². The second kappa shape index (κ2) is 4.74. The van der Waals surface area contributed by atoms with Gasteiger partial charge in [0.1, 0.15) is 5.75 Å². The third kappa shape index (κ3) is 2.18. The molecule has 96 valence electrons. The lowest BCUT2D eigenvalue weighted by Gasteiger charge is -2.26. The number of anilines is 1. The van der Waals surface area contributed by atoms with Crippen molar-refractivity contribution in [3.8, 4) is 5.75 Å². The molecule has 2 aromatic rings. The molecule has 4 nitrogen and oxygen atoms in total. The van der Waals surface area contributed by atoms with E-state index in [1.54, 1.807) is 0 Å². The molecule has 3 rings (SSSR count). The van der Waals surface area contributed by atoms with Crippen LogP contribution in [0.3, 0.4) is 0 Å². The van der Waals surface area contributed by atoms with Crippen LogP contribution < -0.4 is 15.8 Å². The highest BCUT2D eigenvalue weighted by molar-refractivity contribution is 5.98. The number of amides is 1. The first-order valence-corrected chi connectivity index (χ1v) is 6.13. The largest absolute Gasteiger partial charge is 0.474 e. The molecule has 2 aromatic carbocycles. The average molecular weight is 254 g/mol. The van der Waals surface area contributed by atoms with Crippen molar-refractivity contribution in [2.24, 2.45) is 5.73 Å². The van der Waals surface area contributed by atoms with E-state index < -0.39 is 6.10 Å². The number of benzene rings is 2. The Labute approximate surface area is 111 Å². The van der Waals surface area contributed by atoms with Crippen LogP contribution in [0.1, 0.15) is 17.2 Å². The number of carbonyl (C=O) groups excluding carboxylic acids is 1. The molecular formula is C15H14N2O2. The van der Waals surface area contributed by atoms with Crippen LogP contribution in [0.2, 0.25) is 0 Å². The standard InChI is InChI=1S/C15H14N2O2/c16-9-10-5-7-11(8-6-10)14-15(18)17-12-3-1-2-4-13(12)19-14/h1-8,14H,9,16H2,(H,17,18). The minimum absolute atomic E-state index is 0.154. The van der Waals surface area contributed by atoms with Gasteiger partial charge in [0.15, 0.2) is 0 Å². The number of rotatable bonds is 2. The van der Waals surface area contributed by atoms with Crippen molar-refractivity contribution in [1.29, 1.82) is 0 Å². The SMILES string of the molecule is NCc1ccc(C2Oc3ccccc3NC2=O)cc1. The molecule has 1 unspecified atom stereocenters. The van der Waals surface area contributed by atoms with Gasteiger partial charge in [-0.25, -0.2) is 0 Å². The lowest BCUT2D eigenvalue weighted by atomic mass is 10.0. The van der Waals surface area contributed by atoms with Gasteiger partial charge in [0.05, 0.1) is 5.69 Å². The molecule has 0 spiro atoms. The minimum atomic E-state index is -0.610. The van der Waals surface area contributed by atoms with Crippen LogP contribution in [0, 0.1) is 0 Å². The lowest BCUT2D eigenvalue weighted by molar-refractivity contribution is -0.123. The van der Waals surface area contributed by atoms with Gasteiger partial charge in [0.25, 0.3) is 5.91 Å². The normalized spacial score (nSPS) is 17.3. The molecule has 4 heteroatoms. The number of para-hydroxylation sites is 2. The zero-order valence-electron chi connectivity index (χ0n) is 10.3. The molecule has 1 atom stereocenters. The van der Waals surface area contributed by atoms with Gasteiger partial charge in [-0.15, -0.1) is 0 Å². The first-order valence-electron chi connectivity index (χ1n) is 6.13. The summed E-state index contributed by atoms with van der Waals surface area (Å²) in [6.07, 6.45) is -0.610. The van der Waals surface area contributed by atoms with Crippen molar-refractivity contribution in [3.05, 3.63) is 59.7 Å². The Morgan fingerprint density at radius 1 is 1.11 bits per heavy atom. The minimum Gasteiger partial charge on any atom is -0.474 e. The molecule has 1 amide bonds. The molecule has 1 heterocycles. The fraction of sp³-hybridized carbons (Fsp3) is 0.133. The van der Waals surface area contributed by atoms with Crippen LogP contribution in [0.4, 0.5) is 5.69 Å². The third-order valence-electron chi connectivity index (χ3n) is 3.15. The number of nitrogens with one attached hydrogen (secondary N) is 1. The average Bonchev–Trinajstić information content (AvgIpc) is 2.47. The topological polar surface area (TPSA) is 64.3 Å². The van der Waals surface area contributed by atoms with Gasteiger partial charge in [-0.3, -0.25) is 4.79 Å². The Balaban J connectivity index is 1.91. The van der Waals surface area contributed by atoms with E-state index in [1.807, 2.05) is 48.5 Å². The molecule has 0 fully saturated rings. The highest BCUT2D eigenvalue weighted by Gasteiger charge is 2.28. The smallest absolute Gasteiger partial charge is 0.270 e. The summed E-state index contributed by atoms with van der Waals surface area (Å²) in [5.74, 6) is 0.536. The number of hydrogen-bond acceptors (Lipinski definition) is 3. The van der Waals surface area contributed by atoms with Gasteiger partial charge in [-0.05, 0) is 17.7 Å². The van der Waals surface area contributed by atoms with Crippen molar-refractivity contribution >= 4 is 11.6 Å². The van der Waals surface area contributed by atoms with Crippen molar-refractivity contribution in [2.75, 3.05) is 5.32 Å². The van der Waals surface area contributed by atoms with Gasteiger partial charge in [0, 0.05) is 12.1 Å². The van der Waals surface area contributed by atoms with Crippen molar-refractivity contribution in [3.63, 3.8) is 0 Å². The summed E-state index contributed by atoms with van der Waals surface area (Å²) < 4.78 is 5.76. The number of hydrogen-bond donors (Lipinski definition) is 2. The predicted octanol–water partition coefficient (Wildman–Crippen LogP) is 2.22. The highest BCUT2D eigenvalue weighted by atomic mass is 16.5. The zero-order valence-corrected chi connectivity index (χ0v) is 10.3. The van der Waals surface area contributed by atoms with Crippen LogP contribution in [0.25, 0.3) is 0 Å². The van der Waals surface area contributed by atoms with Crippen molar-refractivity contribution in [2.45, 2.75) is 12.6 Å². The summed E-state index contributed by atoms with van der Waals surface area (Å²) in [5.41, 5.74) is 8.12. The Kier molecular flexibility index (Phi) is 2.93. The Bertz CT molecular complexity index is 608. The Morgan fingerprint density at radius 2 is 1.84 bits per heavy atom. The van der Waals surface area contributed by atoms with E-state index in [1.165, 1.54) is 0 Å². The maximum Gasteiger partial charge on any atom is 0.270 e. The van der Waals surface area contributed by atoms with E-state index in [4.69, 9.17) is 10.5 Å². The number of ether oxygens (including phenoxy) is 1. The van der Waals surface area contributed by atoms with Crippen LogP contribution in [-0.4, -0.2) is 5.91 Å². The first-order chi connectivity index (χ1) is 9.28. The maximum absolute atomic E-state index is 12.1. The summed E-state index contributed by atoms with van der Waals surface area (Å²) in [5, 5.41) is 2.85. The predicted molar refractivity (Wildman–Crippen MR) is 72.8 cm³/mol. The molecule has 0 saturated heterocycles. The zero-order chi connectivity index (χ0) is 13.2. The van der Waals surface area contributed by atoms with E-state index in [2.05, 4.69) is 5.32 Å². The van der Waals surface area contributed by atoms with E-state index in [0.717, 1.165) is 11.1 Å². The first kappa shape index (κ1) is 11.7. The highest BCUT2D eigenvalue weighted by Crippen LogP contribution is 2.34. The lowest BCUT2D eigenvalue weighted by Crippen LogP contribution is -2.30. The van der Waals surface area contributed by atoms with Gasteiger partial charge >= 0.3 is 0 Å². The van der Waals surface area contributed by atoms with Gasteiger partial charge in [-0.1, -0.05) is 36.4 Å². The summed E-state index contributed by atoms with van der Waals surface area (Å²) in [7, 11) is 0. The second-order valence-corrected chi connectivity index (χ2v) is 4.43. The third-order valence-corrected chi connectivity index (χ3v) is 3.15. The summed E-state index contributed by atoms with van der Waals surface area (Å²) in [6, 6.07) is 15.0. The van der Waals surface area contributed by atoms with Crippen LogP contribution in [0.5, 0.6) is 5.75 Å². The fourth-order valence-corrected chi connectivity index (χ4v) is 2.10. The number of fused-ring (bicyclic) bond motifs is 1. The van der Waals surface area contributed by atoms with E-state index >= 15 is 0 Å². The van der Waals surface area contributed by atoms with Gasteiger partial charge in [-0.2, -0.15) is 0 Å². The van der Waals surface area contributed by atoms with Crippen LogP contribution >= 0.6 is 0 Å². The molecule has 19 heavy (non-hydrogen) atoms. The molecule has 3 N–H and O–H groups in total. The van der Waals surface area contributed by atoms with E-state index in [0.29, 0.717) is 18.0 Å². The van der Waals surface area contributed by atoms with E-state index in [9.17, 15) is 4.79 Å². The Morgan fingerprint density at radius 3 is 2.58 bits per heavy atom. The second-order valence-electron chi connectivity index (χ2n) is 4.43. The molecular weight excluding hydrogens is 240 g/mol. The molecule has 0 saturated carbocycles. The Hall–Kier alpha value is -2.33. The van der Waals surface area contributed by atoms with E-state index in [-0.39, 0.29) is 5.91 Å².